The molecule has 0 saturated heterocycles. The number of H-pyrrole nitrogens is 1. The summed E-state index contributed by atoms with van der Waals surface area (Å²) >= 11 is 0. The largest absolute Gasteiger partial charge is 0.503 e. The van der Waals surface area contributed by atoms with Crippen LogP contribution in [0.3, 0.4) is 0 Å². The van der Waals surface area contributed by atoms with Crippen LogP contribution in [0.25, 0.3) is 0 Å². The number of aromatic hydroxyl groups is 1. The number of halogens is 3. The second kappa shape index (κ2) is 5.14. The van der Waals surface area contributed by atoms with Gasteiger partial charge in [-0.1, -0.05) is 5.92 Å². The first-order valence-corrected chi connectivity index (χ1v) is 4.90. The minimum atomic E-state index is -4.67. The SMILES string of the molecule is C#CCN(C)C(c1[nH]ccc(=O)c1O)C(F)(F)F. The van der Waals surface area contributed by atoms with Crippen molar-refractivity contribution in [1.29, 1.82) is 0 Å². The molecular weight excluding hydrogens is 249 g/mol. The number of rotatable bonds is 3. The van der Waals surface area contributed by atoms with Gasteiger partial charge in [0, 0.05) is 12.3 Å². The molecule has 0 aliphatic carbocycles. The number of aromatic amines is 1. The summed E-state index contributed by atoms with van der Waals surface area (Å²) in [6, 6.07) is -1.23. The second-order valence-electron chi connectivity index (χ2n) is 3.67. The second-order valence-corrected chi connectivity index (χ2v) is 3.67. The van der Waals surface area contributed by atoms with Crippen LogP contribution in [0.1, 0.15) is 11.7 Å². The molecule has 1 atom stereocenters. The van der Waals surface area contributed by atoms with Gasteiger partial charge in [0.2, 0.25) is 5.43 Å². The molecule has 98 valence electrons. The van der Waals surface area contributed by atoms with E-state index in [4.69, 9.17) is 6.42 Å². The van der Waals surface area contributed by atoms with Crippen LogP contribution in [-0.2, 0) is 0 Å². The lowest BCUT2D eigenvalue weighted by atomic mass is 10.1. The van der Waals surface area contributed by atoms with E-state index in [9.17, 15) is 23.1 Å². The van der Waals surface area contributed by atoms with Gasteiger partial charge in [0.15, 0.2) is 11.8 Å². The average Bonchev–Trinajstić information content (AvgIpc) is 2.23. The van der Waals surface area contributed by atoms with E-state index in [1.54, 1.807) is 0 Å². The van der Waals surface area contributed by atoms with Crippen molar-refractivity contribution in [2.24, 2.45) is 0 Å². The Bertz CT molecular complexity index is 516. The van der Waals surface area contributed by atoms with Crippen LogP contribution in [0.4, 0.5) is 13.2 Å². The van der Waals surface area contributed by atoms with Crippen LogP contribution in [0.2, 0.25) is 0 Å². The van der Waals surface area contributed by atoms with Gasteiger partial charge in [-0.05, 0) is 7.05 Å². The van der Waals surface area contributed by atoms with Crippen molar-refractivity contribution >= 4 is 0 Å². The maximum atomic E-state index is 12.9. The Labute approximate surface area is 101 Å². The summed E-state index contributed by atoms with van der Waals surface area (Å²) in [7, 11) is 1.16. The minimum Gasteiger partial charge on any atom is -0.503 e. The fourth-order valence-electron chi connectivity index (χ4n) is 1.56. The number of alkyl halides is 3. The molecule has 1 aromatic heterocycles. The van der Waals surface area contributed by atoms with Crippen molar-refractivity contribution in [2.45, 2.75) is 12.2 Å². The molecule has 0 aromatic carbocycles. The third-order valence-electron chi connectivity index (χ3n) is 2.33. The van der Waals surface area contributed by atoms with E-state index in [0.29, 0.717) is 0 Å². The zero-order valence-electron chi connectivity index (χ0n) is 9.45. The number of hydrogen-bond acceptors (Lipinski definition) is 3. The predicted octanol–water partition coefficient (Wildman–Crippen LogP) is 1.25. The first-order valence-electron chi connectivity index (χ1n) is 4.90. The Morgan fingerprint density at radius 3 is 2.72 bits per heavy atom. The van der Waals surface area contributed by atoms with E-state index >= 15 is 0 Å². The van der Waals surface area contributed by atoms with E-state index in [1.807, 2.05) is 0 Å². The first kappa shape index (κ1) is 14.1. The molecular formula is C11H11F3N2O2. The molecule has 4 nitrogen and oxygen atoms in total. The van der Waals surface area contributed by atoms with Crippen molar-refractivity contribution in [3.8, 4) is 18.1 Å². The monoisotopic (exact) mass is 260 g/mol. The summed E-state index contributed by atoms with van der Waals surface area (Å²) in [5, 5.41) is 9.43. The standard InChI is InChI=1S/C11H11F3N2O2/c1-3-6-16(2)10(11(12,13)14)8-9(18)7(17)4-5-15-8/h1,4-5,10,18H,6H2,2H3,(H,15,17). The molecule has 1 rings (SSSR count). The minimum absolute atomic E-state index is 0.277. The van der Waals surface area contributed by atoms with Crippen LogP contribution >= 0.6 is 0 Å². The smallest absolute Gasteiger partial charge is 0.409 e. The normalized spacial score (nSPS) is 13.3. The van der Waals surface area contributed by atoms with E-state index < -0.39 is 29.1 Å². The highest BCUT2D eigenvalue weighted by Crippen LogP contribution is 2.38. The van der Waals surface area contributed by atoms with Gasteiger partial charge in [-0.3, -0.25) is 9.69 Å². The Morgan fingerprint density at radius 2 is 2.22 bits per heavy atom. The molecule has 2 N–H and O–H groups in total. The molecule has 0 bridgehead atoms. The van der Waals surface area contributed by atoms with E-state index in [1.165, 1.54) is 0 Å². The number of nitrogens with one attached hydrogen (secondary N) is 1. The van der Waals surface area contributed by atoms with Crippen LogP contribution in [0, 0.1) is 12.3 Å². The van der Waals surface area contributed by atoms with Crippen LogP contribution in [-0.4, -0.2) is 34.8 Å². The van der Waals surface area contributed by atoms with Crippen molar-refractivity contribution in [2.75, 3.05) is 13.6 Å². The summed E-state index contributed by atoms with van der Waals surface area (Å²) in [5.74, 6) is 1.12. The van der Waals surface area contributed by atoms with Gasteiger partial charge in [0.25, 0.3) is 0 Å². The van der Waals surface area contributed by atoms with Crippen molar-refractivity contribution in [1.82, 2.24) is 9.88 Å². The number of nitrogens with zero attached hydrogens (tertiary/aromatic N) is 1. The number of hydrogen-bond donors (Lipinski definition) is 2. The van der Waals surface area contributed by atoms with Crippen LogP contribution in [0.15, 0.2) is 17.1 Å². The van der Waals surface area contributed by atoms with Crippen LogP contribution < -0.4 is 5.43 Å². The highest BCUT2D eigenvalue weighted by Gasteiger charge is 2.45. The van der Waals surface area contributed by atoms with E-state index in [-0.39, 0.29) is 6.54 Å². The zero-order chi connectivity index (χ0) is 13.9. The van der Waals surface area contributed by atoms with Gasteiger partial charge >= 0.3 is 6.18 Å². The number of pyridine rings is 1. The first-order chi connectivity index (χ1) is 8.29. The molecule has 1 heterocycles. The summed E-state index contributed by atoms with van der Waals surface area (Å²) in [4.78, 5) is 14.2. The number of terminal acetylenes is 1. The third-order valence-corrected chi connectivity index (χ3v) is 2.33. The van der Waals surface area contributed by atoms with Crippen LogP contribution in [0.5, 0.6) is 5.75 Å². The molecule has 1 unspecified atom stereocenters. The lowest BCUT2D eigenvalue weighted by Crippen LogP contribution is -2.37. The fourth-order valence-corrected chi connectivity index (χ4v) is 1.56. The summed E-state index contributed by atoms with van der Waals surface area (Å²) in [5.41, 5.74) is -1.50. The summed E-state index contributed by atoms with van der Waals surface area (Å²) in [6.45, 7) is -0.277. The molecule has 0 amide bonds. The topological polar surface area (TPSA) is 56.3 Å². The van der Waals surface area contributed by atoms with E-state index in [2.05, 4.69) is 10.9 Å². The summed E-state index contributed by atoms with van der Waals surface area (Å²) < 4.78 is 38.8. The molecule has 0 aliphatic heterocycles. The van der Waals surface area contributed by atoms with E-state index in [0.717, 1.165) is 24.2 Å². The molecule has 0 radical (unpaired) electrons. The maximum Gasteiger partial charge on any atom is 0.409 e. The van der Waals surface area contributed by atoms with Gasteiger partial charge in [-0.15, -0.1) is 6.42 Å². The van der Waals surface area contributed by atoms with Crippen molar-refractivity contribution in [3.63, 3.8) is 0 Å². The lowest BCUT2D eigenvalue weighted by molar-refractivity contribution is -0.182. The highest BCUT2D eigenvalue weighted by atomic mass is 19.4. The Kier molecular flexibility index (Phi) is 4.03. The predicted molar refractivity (Wildman–Crippen MR) is 59.0 cm³/mol. The van der Waals surface area contributed by atoms with Gasteiger partial charge < -0.3 is 10.1 Å². The Balaban J connectivity index is 3.32. The van der Waals surface area contributed by atoms with Crippen molar-refractivity contribution in [3.05, 3.63) is 28.2 Å². The molecule has 0 saturated carbocycles. The Hall–Kier alpha value is -1.94. The quantitative estimate of drug-likeness (QED) is 0.804. The van der Waals surface area contributed by atoms with Crippen molar-refractivity contribution < 1.29 is 18.3 Å². The molecule has 0 aliphatic rings. The maximum absolute atomic E-state index is 12.9. The molecule has 7 heteroatoms. The van der Waals surface area contributed by atoms with Gasteiger partial charge in [0.1, 0.15) is 0 Å². The van der Waals surface area contributed by atoms with Gasteiger partial charge in [-0.25, -0.2) is 0 Å². The molecule has 18 heavy (non-hydrogen) atoms. The molecule has 0 fully saturated rings. The molecule has 0 spiro atoms. The van der Waals surface area contributed by atoms with Gasteiger partial charge in [-0.2, -0.15) is 13.2 Å². The third kappa shape index (κ3) is 2.84. The Morgan fingerprint density at radius 1 is 1.61 bits per heavy atom. The van der Waals surface area contributed by atoms with Gasteiger partial charge in [0.05, 0.1) is 12.2 Å². The summed E-state index contributed by atoms with van der Waals surface area (Å²) in [6.07, 6.45) is 1.33. The molecule has 1 aromatic rings. The average molecular weight is 260 g/mol. The fraction of sp³-hybridized carbons (Fsp3) is 0.364. The lowest BCUT2D eigenvalue weighted by Gasteiger charge is -2.28. The zero-order valence-corrected chi connectivity index (χ0v) is 9.45. The highest BCUT2D eigenvalue weighted by molar-refractivity contribution is 5.29. The number of aromatic nitrogens is 1.